The number of thioether (sulfide) groups is 1. The number of nitrogens with one attached hydrogen (secondary N) is 2. The van der Waals surface area contributed by atoms with E-state index in [0.717, 1.165) is 5.56 Å². The van der Waals surface area contributed by atoms with Crippen LogP contribution in [-0.4, -0.2) is 52.5 Å². The number of rotatable bonds is 10. The van der Waals surface area contributed by atoms with E-state index >= 15 is 0 Å². The second-order valence-electron chi connectivity index (χ2n) is 9.94. The second kappa shape index (κ2) is 13.3. The van der Waals surface area contributed by atoms with Gasteiger partial charge >= 0.3 is 6.09 Å². The monoisotopic (exact) mass is 513 g/mol. The van der Waals surface area contributed by atoms with Crippen LogP contribution in [0.5, 0.6) is 0 Å². The molecule has 0 bridgehead atoms. The Morgan fingerprint density at radius 2 is 1.61 bits per heavy atom. The van der Waals surface area contributed by atoms with Gasteiger partial charge in [0.25, 0.3) is 5.91 Å². The number of carbonyl (C=O) groups is 3. The third-order valence-electron chi connectivity index (χ3n) is 5.46. The fraction of sp³-hybridized carbons (Fsp3) is 0.464. The second-order valence-corrected chi connectivity index (χ2v) is 10.9. The number of hydrogen-bond acceptors (Lipinski definition) is 5. The summed E-state index contributed by atoms with van der Waals surface area (Å²) in [5.74, 6) is 0.000865. The summed E-state index contributed by atoms with van der Waals surface area (Å²) in [5.41, 5.74) is 1.59. The smallest absolute Gasteiger partial charge is 0.408 e. The highest BCUT2D eigenvalue weighted by atomic mass is 32.2. The first kappa shape index (κ1) is 29.2. The predicted molar refractivity (Wildman–Crippen MR) is 147 cm³/mol. The Morgan fingerprint density at radius 1 is 1.00 bits per heavy atom. The molecule has 2 aromatic rings. The average Bonchev–Trinajstić information content (AvgIpc) is 2.80. The molecular weight excluding hydrogens is 474 g/mol. The molecule has 0 aliphatic carbocycles. The molecule has 2 rings (SSSR count). The van der Waals surface area contributed by atoms with Gasteiger partial charge in [-0.3, -0.25) is 9.59 Å². The van der Waals surface area contributed by atoms with E-state index in [9.17, 15) is 14.4 Å². The van der Waals surface area contributed by atoms with Crippen LogP contribution in [0, 0.1) is 6.92 Å². The van der Waals surface area contributed by atoms with Gasteiger partial charge in [0.1, 0.15) is 17.7 Å². The Balaban J connectivity index is 2.46. The lowest BCUT2D eigenvalue weighted by molar-refractivity contribution is -0.143. The minimum absolute atomic E-state index is 0.317. The van der Waals surface area contributed by atoms with E-state index in [4.69, 9.17) is 4.74 Å². The summed E-state index contributed by atoms with van der Waals surface area (Å²) in [5, 5.41) is 5.75. The lowest BCUT2D eigenvalue weighted by Crippen LogP contribution is -2.54. The van der Waals surface area contributed by atoms with Crippen LogP contribution in [-0.2, 0) is 14.3 Å². The van der Waals surface area contributed by atoms with Gasteiger partial charge in [-0.1, -0.05) is 48.5 Å². The van der Waals surface area contributed by atoms with Crippen molar-refractivity contribution in [2.75, 3.05) is 17.3 Å². The summed E-state index contributed by atoms with van der Waals surface area (Å²) in [6.07, 6.45) is 1.69. The average molecular weight is 514 g/mol. The lowest BCUT2D eigenvalue weighted by Gasteiger charge is -2.37. The van der Waals surface area contributed by atoms with Crippen LogP contribution in [0.4, 0.5) is 10.5 Å². The van der Waals surface area contributed by atoms with E-state index in [1.165, 1.54) is 0 Å². The first-order valence-electron chi connectivity index (χ1n) is 12.2. The molecule has 0 aromatic heterocycles. The van der Waals surface area contributed by atoms with E-state index < -0.39 is 23.8 Å². The standard InChI is InChI=1S/C28H39N3O4S/c1-19(2)31(26(33)23(17-18-36-7)30-27(34)35-28(4,5)6)24(21-14-9-8-10-15-21)25(32)29-22-16-12-11-13-20(22)3/h8-16,19,23-24H,17-18H2,1-7H3,(H,29,32)(H,30,34). The maximum Gasteiger partial charge on any atom is 0.408 e. The van der Waals surface area contributed by atoms with E-state index in [2.05, 4.69) is 10.6 Å². The van der Waals surface area contributed by atoms with Gasteiger partial charge in [-0.2, -0.15) is 11.8 Å². The van der Waals surface area contributed by atoms with Crippen LogP contribution in [0.15, 0.2) is 54.6 Å². The number of nitrogens with zero attached hydrogens (tertiary/aromatic N) is 1. The summed E-state index contributed by atoms with van der Waals surface area (Å²) >= 11 is 1.58. The highest BCUT2D eigenvalue weighted by molar-refractivity contribution is 7.98. The van der Waals surface area contributed by atoms with Gasteiger partial charge < -0.3 is 20.3 Å². The molecule has 196 valence electrons. The number of alkyl carbamates (subject to hydrolysis) is 1. The van der Waals surface area contributed by atoms with E-state index in [0.29, 0.717) is 23.4 Å². The minimum atomic E-state index is -0.893. The Morgan fingerprint density at radius 3 is 2.17 bits per heavy atom. The van der Waals surface area contributed by atoms with Crippen LogP contribution in [0.3, 0.4) is 0 Å². The quantitative estimate of drug-likeness (QED) is 0.434. The fourth-order valence-corrected chi connectivity index (χ4v) is 4.26. The molecule has 0 fully saturated rings. The number of benzene rings is 2. The van der Waals surface area contributed by atoms with Crippen molar-refractivity contribution in [1.82, 2.24) is 10.2 Å². The van der Waals surface area contributed by atoms with Crippen LogP contribution in [0.2, 0.25) is 0 Å². The van der Waals surface area contributed by atoms with Gasteiger partial charge in [0.2, 0.25) is 5.91 Å². The van der Waals surface area contributed by atoms with Crippen molar-refractivity contribution in [1.29, 1.82) is 0 Å². The van der Waals surface area contributed by atoms with Crippen molar-refractivity contribution in [3.63, 3.8) is 0 Å². The van der Waals surface area contributed by atoms with Gasteiger partial charge in [-0.15, -0.1) is 0 Å². The van der Waals surface area contributed by atoms with Crippen LogP contribution >= 0.6 is 11.8 Å². The highest BCUT2D eigenvalue weighted by Gasteiger charge is 2.37. The van der Waals surface area contributed by atoms with Crippen molar-refractivity contribution in [2.24, 2.45) is 0 Å². The SMILES string of the molecule is CSCCC(NC(=O)OC(C)(C)C)C(=O)N(C(C)C)C(C(=O)Nc1ccccc1C)c1ccccc1. The number of carbonyl (C=O) groups excluding carboxylic acids is 3. The molecule has 36 heavy (non-hydrogen) atoms. The molecule has 2 N–H and O–H groups in total. The Hall–Kier alpha value is -3.00. The molecule has 0 radical (unpaired) electrons. The molecule has 0 aliphatic heterocycles. The van der Waals surface area contributed by atoms with Gasteiger partial charge in [0, 0.05) is 11.7 Å². The third kappa shape index (κ3) is 8.59. The highest BCUT2D eigenvalue weighted by Crippen LogP contribution is 2.27. The topological polar surface area (TPSA) is 87.7 Å². The molecule has 2 unspecified atom stereocenters. The molecule has 0 spiro atoms. The van der Waals surface area contributed by atoms with Gasteiger partial charge in [0.05, 0.1) is 0 Å². The van der Waals surface area contributed by atoms with E-state index in [1.807, 2.05) is 81.6 Å². The van der Waals surface area contributed by atoms with Crippen molar-refractivity contribution in [2.45, 2.75) is 71.7 Å². The Labute approximate surface area is 219 Å². The molecule has 8 heteroatoms. The molecule has 0 aliphatic rings. The van der Waals surface area contributed by atoms with Crippen LogP contribution in [0.1, 0.15) is 58.2 Å². The fourth-order valence-electron chi connectivity index (χ4n) is 3.79. The predicted octanol–water partition coefficient (Wildman–Crippen LogP) is 5.56. The molecular formula is C28H39N3O4S. The zero-order chi connectivity index (χ0) is 26.9. The lowest BCUT2D eigenvalue weighted by atomic mass is 10.0. The Bertz CT molecular complexity index is 1020. The zero-order valence-corrected chi connectivity index (χ0v) is 23.1. The first-order valence-corrected chi connectivity index (χ1v) is 13.6. The minimum Gasteiger partial charge on any atom is -0.444 e. The van der Waals surface area contributed by atoms with Gasteiger partial charge in [0.15, 0.2) is 0 Å². The summed E-state index contributed by atoms with van der Waals surface area (Å²) in [6, 6.07) is 14.7. The van der Waals surface area contributed by atoms with Crippen molar-refractivity contribution in [3.8, 4) is 0 Å². The number of aryl methyl sites for hydroxylation is 1. The molecule has 0 saturated heterocycles. The van der Waals surface area contributed by atoms with Crippen molar-refractivity contribution < 1.29 is 19.1 Å². The number of anilines is 1. The first-order chi connectivity index (χ1) is 16.9. The van der Waals surface area contributed by atoms with Crippen molar-refractivity contribution in [3.05, 3.63) is 65.7 Å². The van der Waals surface area contributed by atoms with Crippen LogP contribution < -0.4 is 10.6 Å². The molecule has 2 aromatic carbocycles. The summed E-state index contributed by atoms with van der Waals surface area (Å²) in [4.78, 5) is 41.9. The van der Waals surface area contributed by atoms with Crippen molar-refractivity contribution >= 4 is 35.4 Å². The van der Waals surface area contributed by atoms with E-state index in [1.54, 1.807) is 37.4 Å². The molecule has 2 atom stereocenters. The summed E-state index contributed by atoms with van der Waals surface area (Å²) < 4.78 is 5.42. The largest absolute Gasteiger partial charge is 0.444 e. The van der Waals surface area contributed by atoms with E-state index in [-0.39, 0.29) is 17.9 Å². The number of ether oxygens (including phenoxy) is 1. The number of hydrogen-bond donors (Lipinski definition) is 2. The molecule has 3 amide bonds. The summed E-state index contributed by atoms with van der Waals surface area (Å²) in [6.45, 7) is 11.0. The van der Waals surface area contributed by atoms with Crippen LogP contribution in [0.25, 0.3) is 0 Å². The number of amides is 3. The summed E-state index contributed by atoms with van der Waals surface area (Å²) in [7, 11) is 0. The van der Waals surface area contributed by atoms with Gasteiger partial charge in [-0.25, -0.2) is 4.79 Å². The van der Waals surface area contributed by atoms with Gasteiger partial charge in [-0.05, 0) is 77.2 Å². The maximum atomic E-state index is 14.0. The normalized spacial score (nSPS) is 13.0. The number of para-hydroxylation sites is 1. The maximum absolute atomic E-state index is 14.0. The molecule has 0 saturated carbocycles. The third-order valence-corrected chi connectivity index (χ3v) is 6.10. The molecule has 7 nitrogen and oxygen atoms in total. The molecule has 0 heterocycles. The zero-order valence-electron chi connectivity index (χ0n) is 22.3. The Kier molecular flexibility index (Phi) is 10.8.